The van der Waals surface area contributed by atoms with Gasteiger partial charge in [0.2, 0.25) is 5.91 Å². The Balaban J connectivity index is 1.49. The van der Waals surface area contributed by atoms with Crippen LogP contribution in [0.5, 0.6) is 0 Å². The highest BCUT2D eigenvalue weighted by molar-refractivity contribution is 9.10. The molecule has 3 nitrogen and oxygen atoms in total. The van der Waals surface area contributed by atoms with Crippen LogP contribution in [0.3, 0.4) is 0 Å². The minimum Gasteiger partial charge on any atom is -0.342 e. The fourth-order valence-electron chi connectivity index (χ4n) is 2.81. The van der Waals surface area contributed by atoms with E-state index in [1.807, 2.05) is 34.7 Å². The highest BCUT2D eigenvalue weighted by Gasteiger charge is 2.25. The highest BCUT2D eigenvalue weighted by Crippen LogP contribution is 2.30. The lowest BCUT2D eigenvalue weighted by molar-refractivity contribution is -0.131. The molecule has 23 heavy (non-hydrogen) atoms. The summed E-state index contributed by atoms with van der Waals surface area (Å²) in [7, 11) is 0. The fraction of sp³-hybridized carbons (Fsp3) is 0.412. The van der Waals surface area contributed by atoms with Crippen LogP contribution < -0.4 is 0 Å². The molecule has 1 atom stereocenters. The van der Waals surface area contributed by atoms with E-state index in [1.165, 1.54) is 9.90 Å². The number of likely N-dealkylation sites (tertiary alicyclic amines) is 1. The van der Waals surface area contributed by atoms with Crippen molar-refractivity contribution in [2.24, 2.45) is 0 Å². The first kappa shape index (κ1) is 17.0. The molecule has 1 aliphatic rings. The maximum Gasteiger partial charge on any atom is 0.223 e. The lowest BCUT2D eigenvalue weighted by Crippen LogP contribution is -2.39. The standard InChI is InChI=1S/C17H19BrN2OS2/c18-14-5-1-2-6-15(14)22-10-7-16(21)20-9-3-4-13(12-20)17-19-8-11-23-17/h1-2,5-6,8,11,13H,3-4,7,9-10,12H2. The van der Waals surface area contributed by atoms with Crippen molar-refractivity contribution >= 4 is 44.9 Å². The average molecular weight is 411 g/mol. The third-order valence-electron chi connectivity index (χ3n) is 3.98. The van der Waals surface area contributed by atoms with E-state index in [2.05, 4.69) is 27.0 Å². The molecule has 1 aliphatic heterocycles. The van der Waals surface area contributed by atoms with Gasteiger partial charge in [-0.3, -0.25) is 4.79 Å². The van der Waals surface area contributed by atoms with Crippen LogP contribution in [0, 0.1) is 0 Å². The van der Waals surface area contributed by atoms with Crippen LogP contribution in [0.1, 0.15) is 30.2 Å². The van der Waals surface area contributed by atoms with E-state index in [9.17, 15) is 4.79 Å². The van der Waals surface area contributed by atoms with Gasteiger partial charge >= 0.3 is 0 Å². The molecular formula is C17H19BrN2OS2. The van der Waals surface area contributed by atoms with Crippen molar-refractivity contribution in [2.45, 2.75) is 30.1 Å². The van der Waals surface area contributed by atoms with E-state index in [-0.39, 0.29) is 5.91 Å². The van der Waals surface area contributed by atoms with E-state index >= 15 is 0 Å². The second-order valence-electron chi connectivity index (χ2n) is 5.58. The quantitative estimate of drug-likeness (QED) is 0.663. The van der Waals surface area contributed by atoms with Gasteiger partial charge in [0.25, 0.3) is 0 Å². The molecule has 0 aliphatic carbocycles. The predicted molar refractivity (Wildman–Crippen MR) is 100 cm³/mol. The van der Waals surface area contributed by atoms with Crippen LogP contribution in [0.25, 0.3) is 0 Å². The summed E-state index contributed by atoms with van der Waals surface area (Å²) >= 11 is 6.98. The Kier molecular flexibility index (Phi) is 6.14. The van der Waals surface area contributed by atoms with Gasteiger partial charge in [0.15, 0.2) is 0 Å². The number of amides is 1. The molecule has 1 unspecified atom stereocenters. The molecule has 1 aromatic heterocycles. The molecule has 1 amide bonds. The van der Waals surface area contributed by atoms with Gasteiger partial charge < -0.3 is 4.90 Å². The van der Waals surface area contributed by atoms with Crippen LogP contribution in [-0.2, 0) is 4.79 Å². The molecule has 2 heterocycles. The summed E-state index contributed by atoms with van der Waals surface area (Å²) in [6.45, 7) is 1.71. The molecule has 6 heteroatoms. The first-order valence-electron chi connectivity index (χ1n) is 7.78. The summed E-state index contributed by atoms with van der Waals surface area (Å²) in [5.74, 6) is 1.51. The highest BCUT2D eigenvalue weighted by atomic mass is 79.9. The molecule has 1 aromatic carbocycles. The molecule has 1 saturated heterocycles. The van der Waals surface area contributed by atoms with E-state index < -0.39 is 0 Å². The number of carbonyl (C=O) groups excluding carboxylic acids is 1. The zero-order valence-electron chi connectivity index (χ0n) is 12.8. The van der Waals surface area contributed by atoms with E-state index in [0.717, 1.165) is 36.2 Å². The molecule has 122 valence electrons. The minimum absolute atomic E-state index is 0.269. The van der Waals surface area contributed by atoms with Crippen LogP contribution in [0.15, 0.2) is 45.2 Å². The van der Waals surface area contributed by atoms with Crippen molar-refractivity contribution in [3.8, 4) is 0 Å². The number of hydrogen-bond acceptors (Lipinski definition) is 4. The summed E-state index contributed by atoms with van der Waals surface area (Å²) in [5, 5.41) is 3.19. The first-order valence-corrected chi connectivity index (χ1v) is 10.4. The first-order chi connectivity index (χ1) is 11.2. The zero-order chi connectivity index (χ0) is 16.1. The van der Waals surface area contributed by atoms with Gasteiger partial charge in [-0.1, -0.05) is 12.1 Å². The number of halogens is 1. The van der Waals surface area contributed by atoms with E-state index in [4.69, 9.17) is 0 Å². The Bertz CT molecular complexity index is 648. The third kappa shape index (κ3) is 4.58. The summed E-state index contributed by atoms with van der Waals surface area (Å²) < 4.78 is 1.10. The van der Waals surface area contributed by atoms with Crippen molar-refractivity contribution < 1.29 is 4.79 Å². The van der Waals surface area contributed by atoms with Gasteiger partial charge in [-0.15, -0.1) is 23.1 Å². The number of nitrogens with zero attached hydrogens (tertiary/aromatic N) is 2. The molecule has 0 N–H and O–H groups in total. The largest absolute Gasteiger partial charge is 0.342 e. The molecule has 0 spiro atoms. The fourth-order valence-corrected chi connectivity index (χ4v) is 5.08. The van der Waals surface area contributed by atoms with Crippen LogP contribution >= 0.6 is 39.0 Å². The van der Waals surface area contributed by atoms with Crippen LogP contribution in [0.4, 0.5) is 0 Å². The number of hydrogen-bond donors (Lipinski definition) is 0. The minimum atomic E-state index is 0.269. The number of rotatable bonds is 5. The second kappa shape index (κ2) is 8.31. The number of carbonyl (C=O) groups is 1. The molecule has 0 radical (unpaired) electrons. The summed E-state index contributed by atoms with van der Waals surface area (Å²) in [5.41, 5.74) is 0. The maximum atomic E-state index is 12.5. The maximum absolute atomic E-state index is 12.5. The monoisotopic (exact) mass is 410 g/mol. The lowest BCUT2D eigenvalue weighted by Gasteiger charge is -2.32. The normalized spacial score (nSPS) is 18.1. The second-order valence-corrected chi connectivity index (χ2v) is 8.50. The summed E-state index contributed by atoms with van der Waals surface area (Å²) in [6, 6.07) is 8.15. The van der Waals surface area contributed by atoms with Gasteiger partial charge in [0, 0.05) is 52.1 Å². The topological polar surface area (TPSA) is 33.2 Å². The van der Waals surface area contributed by atoms with Gasteiger partial charge in [-0.2, -0.15) is 0 Å². The predicted octanol–water partition coefficient (Wildman–Crippen LogP) is 4.79. The van der Waals surface area contributed by atoms with E-state index in [1.54, 1.807) is 23.1 Å². The van der Waals surface area contributed by atoms with Gasteiger partial charge in [0.1, 0.15) is 0 Å². The van der Waals surface area contributed by atoms with Crippen LogP contribution in [-0.4, -0.2) is 34.6 Å². The zero-order valence-corrected chi connectivity index (χ0v) is 16.0. The smallest absolute Gasteiger partial charge is 0.223 e. The summed E-state index contributed by atoms with van der Waals surface area (Å²) in [4.78, 5) is 20.1. The molecule has 2 aromatic rings. The van der Waals surface area contributed by atoms with Gasteiger partial charge in [-0.25, -0.2) is 4.98 Å². The van der Waals surface area contributed by atoms with Crippen molar-refractivity contribution in [1.82, 2.24) is 9.88 Å². The SMILES string of the molecule is O=C(CCSc1ccccc1Br)N1CCCC(c2nccs2)C1. The number of aromatic nitrogens is 1. The molecule has 3 rings (SSSR count). The molecule has 0 bridgehead atoms. The summed E-state index contributed by atoms with van der Waals surface area (Å²) in [6.07, 6.45) is 4.67. The number of benzene rings is 1. The molecule has 1 fully saturated rings. The number of piperidine rings is 1. The number of thioether (sulfide) groups is 1. The Morgan fingerprint density at radius 1 is 1.43 bits per heavy atom. The molecule has 0 saturated carbocycles. The van der Waals surface area contributed by atoms with Crippen molar-refractivity contribution in [3.05, 3.63) is 45.3 Å². The van der Waals surface area contributed by atoms with Crippen molar-refractivity contribution in [2.75, 3.05) is 18.8 Å². The Morgan fingerprint density at radius 2 is 2.30 bits per heavy atom. The Hall–Kier alpha value is -0.850. The van der Waals surface area contributed by atoms with Gasteiger partial charge in [-0.05, 0) is 40.9 Å². The number of thiazole rings is 1. The van der Waals surface area contributed by atoms with Crippen molar-refractivity contribution in [1.29, 1.82) is 0 Å². The van der Waals surface area contributed by atoms with Crippen molar-refractivity contribution in [3.63, 3.8) is 0 Å². The lowest BCUT2D eigenvalue weighted by atomic mass is 9.98. The van der Waals surface area contributed by atoms with E-state index in [0.29, 0.717) is 12.3 Å². The van der Waals surface area contributed by atoms with Crippen LogP contribution in [0.2, 0.25) is 0 Å². The Labute approximate surface area is 153 Å². The average Bonchev–Trinajstić information content (AvgIpc) is 3.11. The third-order valence-corrected chi connectivity index (χ3v) is 6.95. The Morgan fingerprint density at radius 3 is 3.09 bits per heavy atom. The molecular weight excluding hydrogens is 392 g/mol. The van der Waals surface area contributed by atoms with Gasteiger partial charge in [0.05, 0.1) is 5.01 Å².